The Morgan fingerprint density at radius 1 is 1.26 bits per heavy atom. The summed E-state index contributed by atoms with van der Waals surface area (Å²) >= 11 is 0. The van der Waals surface area contributed by atoms with Gasteiger partial charge >= 0.3 is 5.97 Å². The maximum absolute atomic E-state index is 11.8. The fourth-order valence-electron chi connectivity index (χ4n) is 2.70. The Bertz CT molecular complexity index is 736. The van der Waals surface area contributed by atoms with Gasteiger partial charge in [-0.2, -0.15) is 0 Å². The van der Waals surface area contributed by atoms with Crippen molar-refractivity contribution < 1.29 is 18.8 Å². The zero-order chi connectivity index (χ0) is 16.2. The van der Waals surface area contributed by atoms with E-state index in [0.717, 1.165) is 18.4 Å². The molecular formula is C17H18N2O4. The molecule has 2 aromatic rings. The number of anilines is 1. The molecule has 1 aromatic carbocycles. The fourth-order valence-corrected chi connectivity index (χ4v) is 2.70. The summed E-state index contributed by atoms with van der Waals surface area (Å²) in [6, 6.07) is 7.67. The smallest absolute Gasteiger partial charge is 0.310 e. The van der Waals surface area contributed by atoms with Crippen LogP contribution in [0.4, 0.5) is 5.82 Å². The number of amides is 1. The first-order valence-corrected chi connectivity index (χ1v) is 7.59. The molecule has 0 radical (unpaired) electrons. The van der Waals surface area contributed by atoms with E-state index < -0.39 is 11.9 Å². The van der Waals surface area contributed by atoms with Crippen LogP contribution in [0, 0.1) is 6.92 Å². The number of carbonyl (C=O) groups is 2. The number of carbonyl (C=O) groups excluding carboxylic acids is 2. The van der Waals surface area contributed by atoms with Gasteiger partial charge in [0.1, 0.15) is 5.76 Å². The third-order valence-corrected chi connectivity index (χ3v) is 3.77. The Kier molecular flexibility index (Phi) is 4.41. The highest BCUT2D eigenvalue weighted by molar-refractivity contribution is 5.92. The molecule has 3 rings (SSSR count). The molecular weight excluding hydrogens is 296 g/mol. The number of nitrogens with zero attached hydrogens (tertiary/aromatic N) is 1. The fraction of sp³-hybridized carbons (Fsp3) is 0.353. The second kappa shape index (κ2) is 6.64. The summed E-state index contributed by atoms with van der Waals surface area (Å²) in [7, 11) is 0. The molecule has 6 heteroatoms. The molecule has 23 heavy (non-hydrogen) atoms. The number of nitrogens with one attached hydrogen (secondary N) is 1. The molecule has 0 saturated heterocycles. The van der Waals surface area contributed by atoms with E-state index in [9.17, 15) is 9.59 Å². The second-order valence-electron chi connectivity index (χ2n) is 5.67. The van der Waals surface area contributed by atoms with Crippen molar-refractivity contribution in [2.24, 2.45) is 0 Å². The molecule has 6 nitrogen and oxygen atoms in total. The van der Waals surface area contributed by atoms with Crippen LogP contribution in [0.5, 0.6) is 0 Å². The van der Waals surface area contributed by atoms with Crippen molar-refractivity contribution in [3.8, 4) is 0 Å². The molecule has 120 valence electrons. The first-order valence-electron chi connectivity index (χ1n) is 7.59. The van der Waals surface area contributed by atoms with Crippen molar-refractivity contribution in [1.29, 1.82) is 0 Å². The number of ether oxygens (including phenoxy) is 1. The highest BCUT2D eigenvalue weighted by atomic mass is 16.5. The summed E-state index contributed by atoms with van der Waals surface area (Å²) < 4.78 is 9.83. The Morgan fingerprint density at radius 2 is 2.09 bits per heavy atom. The van der Waals surface area contributed by atoms with Crippen LogP contribution in [0.15, 0.2) is 28.8 Å². The van der Waals surface area contributed by atoms with Crippen LogP contribution in [0.25, 0.3) is 0 Å². The van der Waals surface area contributed by atoms with Crippen LogP contribution in [0.3, 0.4) is 0 Å². The minimum Gasteiger partial charge on any atom is -0.455 e. The van der Waals surface area contributed by atoms with Gasteiger partial charge in [-0.3, -0.25) is 9.59 Å². The molecule has 1 N–H and O–H groups in total. The van der Waals surface area contributed by atoms with Crippen molar-refractivity contribution in [2.45, 2.75) is 32.6 Å². The number of aromatic nitrogens is 1. The van der Waals surface area contributed by atoms with Gasteiger partial charge in [0.2, 0.25) is 0 Å². The van der Waals surface area contributed by atoms with Crippen LogP contribution in [0.2, 0.25) is 0 Å². The van der Waals surface area contributed by atoms with E-state index in [1.165, 1.54) is 17.5 Å². The number of hydrogen-bond donors (Lipinski definition) is 1. The highest BCUT2D eigenvalue weighted by Gasteiger charge is 2.14. The predicted molar refractivity (Wildman–Crippen MR) is 83.0 cm³/mol. The van der Waals surface area contributed by atoms with Gasteiger partial charge in [-0.05, 0) is 42.9 Å². The Hall–Kier alpha value is -2.63. The number of fused-ring (bicyclic) bond motifs is 1. The normalized spacial score (nSPS) is 12.7. The molecule has 0 saturated carbocycles. The molecule has 1 amide bonds. The number of aryl methyl sites for hydroxylation is 3. The average molecular weight is 314 g/mol. The zero-order valence-electron chi connectivity index (χ0n) is 12.9. The summed E-state index contributed by atoms with van der Waals surface area (Å²) in [5.41, 5.74) is 3.60. The van der Waals surface area contributed by atoms with Gasteiger partial charge in [-0.15, -0.1) is 0 Å². The van der Waals surface area contributed by atoms with E-state index in [0.29, 0.717) is 11.6 Å². The number of hydrogen-bond acceptors (Lipinski definition) is 5. The maximum atomic E-state index is 11.8. The second-order valence-corrected chi connectivity index (χ2v) is 5.67. The van der Waals surface area contributed by atoms with Crippen LogP contribution in [-0.2, 0) is 33.6 Å². The molecule has 0 unspecified atom stereocenters. The molecule has 1 aromatic heterocycles. The van der Waals surface area contributed by atoms with Gasteiger partial charge < -0.3 is 14.6 Å². The molecule has 1 heterocycles. The molecule has 0 fully saturated rings. The van der Waals surface area contributed by atoms with E-state index in [1.54, 1.807) is 13.0 Å². The van der Waals surface area contributed by atoms with E-state index >= 15 is 0 Å². The first-order chi connectivity index (χ1) is 11.1. The van der Waals surface area contributed by atoms with Gasteiger partial charge in [0.15, 0.2) is 12.4 Å². The van der Waals surface area contributed by atoms with Crippen LogP contribution in [0.1, 0.15) is 28.9 Å². The number of esters is 1. The SMILES string of the molecule is Cc1cc(NC(=O)COC(=O)Cc2ccc3c(c2)CCC3)no1. The van der Waals surface area contributed by atoms with Crippen LogP contribution < -0.4 is 5.32 Å². The van der Waals surface area contributed by atoms with Crippen molar-refractivity contribution in [3.63, 3.8) is 0 Å². The number of rotatable bonds is 5. The maximum Gasteiger partial charge on any atom is 0.310 e. The highest BCUT2D eigenvalue weighted by Crippen LogP contribution is 2.23. The lowest BCUT2D eigenvalue weighted by atomic mass is 10.0. The lowest BCUT2D eigenvalue weighted by Gasteiger charge is -2.06. The first kappa shape index (κ1) is 15.3. The van der Waals surface area contributed by atoms with Crippen molar-refractivity contribution >= 4 is 17.7 Å². The van der Waals surface area contributed by atoms with Gasteiger partial charge in [0.25, 0.3) is 5.91 Å². The Balaban J connectivity index is 1.47. The molecule has 0 spiro atoms. The third kappa shape index (κ3) is 3.97. The summed E-state index contributed by atoms with van der Waals surface area (Å²) in [5, 5.41) is 6.13. The van der Waals surface area contributed by atoms with Crippen LogP contribution in [-0.4, -0.2) is 23.6 Å². The lowest BCUT2D eigenvalue weighted by molar-refractivity contribution is -0.146. The van der Waals surface area contributed by atoms with Gasteiger partial charge in [0, 0.05) is 6.07 Å². The quantitative estimate of drug-likeness (QED) is 0.856. The molecule has 0 aliphatic heterocycles. The van der Waals surface area contributed by atoms with E-state index in [2.05, 4.69) is 22.6 Å². The largest absolute Gasteiger partial charge is 0.455 e. The Labute approximate surface area is 133 Å². The summed E-state index contributed by atoms with van der Waals surface area (Å²) in [6.07, 6.45) is 3.52. The van der Waals surface area contributed by atoms with Crippen molar-refractivity contribution in [2.75, 3.05) is 11.9 Å². The number of benzene rings is 1. The average Bonchev–Trinajstić information content (AvgIpc) is 3.13. The topological polar surface area (TPSA) is 81.4 Å². The summed E-state index contributed by atoms with van der Waals surface area (Å²) in [5.74, 6) is 0.0334. The van der Waals surface area contributed by atoms with E-state index in [4.69, 9.17) is 9.26 Å². The molecule has 0 bridgehead atoms. The summed E-state index contributed by atoms with van der Waals surface area (Å²) in [6.45, 7) is 1.38. The molecule has 1 aliphatic carbocycles. The van der Waals surface area contributed by atoms with Gasteiger partial charge in [0.05, 0.1) is 6.42 Å². The lowest BCUT2D eigenvalue weighted by Crippen LogP contribution is -2.21. The zero-order valence-corrected chi connectivity index (χ0v) is 12.9. The standard InChI is InChI=1S/C17H18N2O4/c1-11-7-15(19-23-11)18-16(20)10-22-17(21)9-12-5-6-13-3-2-4-14(13)8-12/h5-8H,2-4,9-10H2,1H3,(H,18,19,20). The molecule has 0 atom stereocenters. The van der Waals surface area contributed by atoms with Crippen molar-refractivity contribution in [3.05, 3.63) is 46.7 Å². The Morgan fingerprint density at radius 3 is 2.87 bits per heavy atom. The van der Waals surface area contributed by atoms with E-state index in [1.807, 2.05) is 6.07 Å². The van der Waals surface area contributed by atoms with E-state index in [-0.39, 0.29) is 13.0 Å². The monoisotopic (exact) mass is 314 g/mol. The predicted octanol–water partition coefficient (Wildman–Crippen LogP) is 2.20. The minimum atomic E-state index is -0.444. The molecule has 1 aliphatic rings. The van der Waals surface area contributed by atoms with Gasteiger partial charge in [-0.1, -0.05) is 23.4 Å². The summed E-state index contributed by atoms with van der Waals surface area (Å²) in [4.78, 5) is 23.5. The van der Waals surface area contributed by atoms with Gasteiger partial charge in [-0.25, -0.2) is 0 Å². The van der Waals surface area contributed by atoms with Crippen molar-refractivity contribution in [1.82, 2.24) is 5.16 Å². The van der Waals surface area contributed by atoms with Crippen LogP contribution >= 0.6 is 0 Å². The minimum absolute atomic E-state index is 0.170. The third-order valence-electron chi connectivity index (χ3n) is 3.77.